The summed E-state index contributed by atoms with van der Waals surface area (Å²) in [5, 5.41) is 8.88. The molecule has 1 aromatic rings. The normalized spacial score (nSPS) is 14.0. The lowest BCUT2D eigenvalue weighted by molar-refractivity contribution is -0.131. The van der Waals surface area contributed by atoms with Crippen LogP contribution in [0.5, 0.6) is 0 Å². The Labute approximate surface area is 154 Å². The molecule has 2 unspecified atom stereocenters. The van der Waals surface area contributed by atoms with Gasteiger partial charge < -0.3 is 10.8 Å². The molecule has 134 valence electrons. The van der Waals surface area contributed by atoms with Gasteiger partial charge in [0.2, 0.25) is 0 Å². The smallest absolute Gasteiger partial charge is 0.328 e. The van der Waals surface area contributed by atoms with E-state index >= 15 is 0 Å². The molecule has 0 spiro atoms. The fourth-order valence-electron chi connectivity index (χ4n) is 2.72. The third-order valence-corrected chi connectivity index (χ3v) is 4.62. The van der Waals surface area contributed by atoms with E-state index in [9.17, 15) is 4.79 Å². The van der Waals surface area contributed by atoms with E-state index in [0.717, 1.165) is 54.1 Å². The fraction of sp³-hybridized carbons (Fsp3) is 0.526. The number of alkyl halides is 2. The molecule has 0 radical (unpaired) electrons. The molecule has 1 rings (SSSR count). The van der Waals surface area contributed by atoms with Crippen molar-refractivity contribution in [1.82, 2.24) is 0 Å². The summed E-state index contributed by atoms with van der Waals surface area (Å²) in [7, 11) is 0. The highest BCUT2D eigenvalue weighted by molar-refractivity contribution is 6.21. The second-order valence-electron chi connectivity index (χ2n) is 6.10. The van der Waals surface area contributed by atoms with Crippen molar-refractivity contribution < 1.29 is 9.90 Å². The number of aliphatic carboxylic acids is 1. The molecular weight excluding hydrogens is 345 g/mol. The molecule has 0 aliphatic rings. The van der Waals surface area contributed by atoms with E-state index < -0.39 is 5.97 Å². The number of anilines is 1. The van der Waals surface area contributed by atoms with Crippen molar-refractivity contribution in [3.63, 3.8) is 0 Å². The van der Waals surface area contributed by atoms with Gasteiger partial charge >= 0.3 is 5.97 Å². The second-order valence-corrected chi connectivity index (χ2v) is 7.34. The molecule has 0 saturated carbocycles. The van der Waals surface area contributed by atoms with Gasteiger partial charge in [0.15, 0.2) is 0 Å². The number of rotatable bonds is 10. The summed E-state index contributed by atoms with van der Waals surface area (Å²) in [4.78, 5) is 10.8. The lowest BCUT2D eigenvalue weighted by atomic mass is 9.95. The quantitative estimate of drug-likeness (QED) is 0.334. The van der Waals surface area contributed by atoms with E-state index in [-0.39, 0.29) is 10.8 Å². The van der Waals surface area contributed by atoms with Crippen LogP contribution in [-0.4, -0.2) is 21.8 Å². The topological polar surface area (TPSA) is 63.3 Å². The number of nitrogens with two attached hydrogens (primary N) is 1. The zero-order valence-electron chi connectivity index (χ0n) is 14.4. The Morgan fingerprint density at radius 3 is 1.96 bits per heavy atom. The molecule has 0 aromatic heterocycles. The van der Waals surface area contributed by atoms with Gasteiger partial charge in [-0.15, -0.1) is 23.2 Å². The molecule has 24 heavy (non-hydrogen) atoms. The molecule has 3 nitrogen and oxygen atoms in total. The zero-order chi connectivity index (χ0) is 18.1. The van der Waals surface area contributed by atoms with Crippen LogP contribution < -0.4 is 5.73 Å². The van der Waals surface area contributed by atoms with Gasteiger partial charge in [-0.25, -0.2) is 4.79 Å². The number of carboxylic acids is 1. The predicted molar refractivity (Wildman–Crippen MR) is 104 cm³/mol. The first kappa shape index (κ1) is 20.9. The number of benzene rings is 1. The second kappa shape index (κ2) is 10.6. The molecule has 0 heterocycles. The van der Waals surface area contributed by atoms with E-state index in [0.29, 0.717) is 12.8 Å². The fourth-order valence-corrected chi connectivity index (χ4v) is 3.48. The molecular formula is C19H27Cl2NO2. The first-order valence-corrected chi connectivity index (χ1v) is 9.35. The maximum absolute atomic E-state index is 10.8. The van der Waals surface area contributed by atoms with Crippen LogP contribution in [-0.2, 0) is 17.6 Å². The Hall–Kier alpha value is -1.19. The first-order chi connectivity index (χ1) is 11.4. The summed E-state index contributed by atoms with van der Waals surface area (Å²) in [5.74, 6) is -0.975. The van der Waals surface area contributed by atoms with Crippen molar-refractivity contribution in [2.45, 2.75) is 63.1 Å². The Morgan fingerprint density at radius 1 is 1.12 bits per heavy atom. The lowest BCUT2D eigenvalue weighted by Crippen LogP contribution is -2.11. The first-order valence-electron chi connectivity index (χ1n) is 8.47. The van der Waals surface area contributed by atoms with Crippen LogP contribution in [0.4, 0.5) is 5.69 Å². The summed E-state index contributed by atoms with van der Waals surface area (Å²) in [6.45, 7) is 4.19. The molecule has 1 aromatic carbocycles. The minimum Gasteiger partial charge on any atom is -0.478 e. The Balaban J connectivity index is 3.14. The summed E-state index contributed by atoms with van der Waals surface area (Å²) >= 11 is 12.8. The van der Waals surface area contributed by atoms with Crippen LogP contribution in [0.25, 0.3) is 6.08 Å². The van der Waals surface area contributed by atoms with E-state index in [1.165, 1.54) is 0 Å². The Kier molecular flexibility index (Phi) is 9.24. The summed E-state index contributed by atoms with van der Waals surface area (Å²) in [6.07, 6.45) is 7.92. The highest BCUT2D eigenvalue weighted by atomic mass is 35.5. The third kappa shape index (κ3) is 7.14. The third-order valence-electron chi connectivity index (χ3n) is 3.88. The number of carboxylic acid groups (broad SMARTS) is 1. The maximum atomic E-state index is 10.8. The largest absolute Gasteiger partial charge is 0.478 e. The highest BCUT2D eigenvalue weighted by Crippen LogP contribution is 2.27. The van der Waals surface area contributed by atoms with Gasteiger partial charge in [-0.2, -0.15) is 0 Å². The molecule has 3 N–H and O–H groups in total. The van der Waals surface area contributed by atoms with Crippen molar-refractivity contribution in [1.29, 1.82) is 0 Å². The number of nitrogen functional groups attached to an aromatic ring is 1. The van der Waals surface area contributed by atoms with Crippen molar-refractivity contribution in [3.8, 4) is 0 Å². The molecule has 0 aliphatic carbocycles. The van der Waals surface area contributed by atoms with Crippen LogP contribution in [0.1, 0.15) is 56.2 Å². The molecule has 0 fully saturated rings. The minimum absolute atomic E-state index is 0.0197. The summed E-state index contributed by atoms with van der Waals surface area (Å²) < 4.78 is 0. The van der Waals surface area contributed by atoms with E-state index in [4.69, 9.17) is 34.0 Å². The number of hydrogen-bond acceptors (Lipinski definition) is 2. The predicted octanol–water partition coefficient (Wildman–Crippen LogP) is 5.27. The van der Waals surface area contributed by atoms with Gasteiger partial charge in [0.05, 0.1) is 0 Å². The van der Waals surface area contributed by atoms with Gasteiger partial charge in [0.25, 0.3) is 0 Å². The van der Waals surface area contributed by atoms with Gasteiger partial charge in [-0.05, 0) is 60.6 Å². The molecule has 5 heteroatoms. The van der Waals surface area contributed by atoms with Crippen molar-refractivity contribution in [3.05, 3.63) is 34.9 Å². The Morgan fingerprint density at radius 2 is 1.58 bits per heavy atom. The molecule has 2 atom stereocenters. The monoisotopic (exact) mass is 371 g/mol. The van der Waals surface area contributed by atoms with Crippen LogP contribution >= 0.6 is 23.2 Å². The van der Waals surface area contributed by atoms with Crippen LogP contribution in [0.2, 0.25) is 0 Å². The standard InChI is InChI=1S/C19H27Cl2NO2/c1-3-5-16(20)11-14-9-13(7-8-18(23)24)10-15(19(14)22)12-17(21)6-4-2/h7-10,16-17H,3-6,11-12,22H2,1-2H3,(H,23,24). The van der Waals surface area contributed by atoms with E-state index in [1.54, 1.807) is 6.08 Å². The molecule has 0 bridgehead atoms. The van der Waals surface area contributed by atoms with Gasteiger partial charge in [0.1, 0.15) is 0 Å². The van der Waals surface area contributed by atoms with Crippen molar-refractivity contribution >= 4 is 40.9 Å². The summed E-state index contributed by atoms with van der Waals surface area (Å²) in [6, 6.07) is 3.85. The lowest BCUT2D eigenvalue weighted by Gasteiger charge is -2.17. The van der Waals surface area contributed by atoms with E-state index in [1.807, 2.05) is 12.1 Å². The summed E-state index contributed by atoms with van der Waals surface area (Å²) in [5.41, 5.74) is 9.81. The number of carbonyl (C=O) groups is 1. The highest BCUT2D eigenvalue weighted by Gasteiger charge is 2.14. The van der Waals surface area contributed by atoms with Gasteiger partial charge in [-0.3, -0.25) is 0 Å². The van der Waals surface area contributed by atoms with Gasteiger partial charge in [-0.1, -0.05) is 26.7 Å². The van der Waals surface area contributed by atoms with Crippen LogP contribution in [0.3, 0.4) is 0 Å². The number of hydrogen-bond donors (Lipinski definition) is 2. The Bertz CT molecular complexity index is 537. The molecule has 0 aliphatic heterocycles. The molecule has 0 saturated heterocycles. The van der Waals surface area contributed by atoms with Crippen LogP contribution in [0.15, 0.2) is 18.2 Å². The molecule has 0 amide bonds. The SMILES string of the molecule is CCCC(Cl)Cc1cc(C=CC(=O)O)cc(CC(Cl)CCC)c1N. The van der Waals surface area contributed by atoms with E-state index in [2.05, 4.69) is 13.8 Å². The van der Waals surface area contributed by atoms with Crippen molar-refractivity contribution in [2.75, 3.05) is 5.73 Å². The zero-order valence-corrected chi connectivity index (χ0v) is 15.9. The van der Waals surface area contributed by atoms with Gasteiger partial charge in [0, 0.05) is 22.5 Å². The number of halogens is 2. The maximum Gasteiger partial charge on any atom is 0.328 e. The van der Waals surface area contributed by atoms with Crippen molar-refractivity contribution in [2.24, 2.45) is 0 Å². The average molecular weight is 372 g/mol. The van der Waals surface area contributed by atoms with Crippen LogP contribution in [0, 0.1) is 0 Å². The minimum atomic E-state index is -0.975. The average Bonchev–Trinajstić information content (AvgIpc) is 2.49.